The average Bonchev–Trinajstić information content (AvgIpc) is 2.47. The topological polar surface area (TPSA) is 56.3 Å². The Morgan fingerprint density at radius 3 is 2.63 bits per heavy atom. The third-order valence-corrected chi connectivity index (χ3v) is 2.63. The van der Waals surface area contributed by atoms with E-state index in [0.29, 0.717) is 23.0 Å². The van der Waals surface area contributed by atoms with Crippen LogP contribution in [0, 0.1) is 5.82 Å². The second kappa shape index (κ2) is 5.51. The number of nitrogens with zero attached hydrogens (tertiary/aromatic N) is 2. The maximum Gasteiger partial charge on any atom is 0.223 e. The molecule has 0 saturated heterocycles. The zero-order valence-corrected chi connectivity index (χ0v) is 10.9. The number of rotatable bonds is 4. The number of hydrogen-bond acceptors (Lipinski definition) is 5. The van der Waals surface area contributed by atoms with Crippen LogP contribution in [0.25, 0.3) is 11.3 Å². The van der Waals surface area contributed by atoms with Gasteiger partial charge >= 0.3 is 0 Å². The van der Waals surface area contributed by atoms with Crippen LogP contribution in [-0.2, 0) is 0 Å². The number of ether oxygens (including phenoxy) is 2. The summed E-state index contributed by atoms with van der Waals surface area (Å²) in [6, 6.07) is 5.11. The first-order chi connectivity index (χ1) is 9.19. The molecule has 1 heterocycles. The van der Waals surface area contributed by atoms with Gasteiger partial charge in [-0.3, -0.25) is 0 Å². The van der Waals surface area contributed by atoms with Crippen LogP contribution >= 0.6 is 0 Å². The van der Waals surface area contributed by atoms with Gasteiger partial charge in [0.15, 0.2) is 5.82 Å². The van der Waals surface area contributed by atoms with Gasteiger partial charge in [0.1, 0.15) is 17.2 Å². The van der Waals surface area contributed by atoms with E-state index in [1.807, 2.05) is 0 Å². The summed E-state index contributed by atoms with van der Waals surface area (Å²) in [6.07, 6.45) is 1.12. The molecule has 1 aromatic heterocycles. The highest BCUT2D eigenvalue weighted by Crippen LogP contribution is 2.33. The number of nitrogens with one attached hydrogen (secondary N) is 1. The third kappa shape index (κ3) is 2.57. The molecular weight excluding hydrogens is 249 g/mol. The highest BCUT2D eigenvalue weighted by molar-refractivity contribution is 5.70. The number of aromatic nitrogens is 2. The quantitative estimate of drug-likeness (QED) is 0.917. The Labute approximate surface area is 110 Å². The van der Waals surface area contributed by atoms with Gasteiger partial charge in [-0.15, -0.1) is 0 Å². The number of anilines is 1. The smallest absolute Gasteiger partial charge is 0.223 e. The van der Waals surface area contributed by atoms with Crippen molar-refractivity contribution in [1.82, 2.24) is 9.97 Å². The van der Waals surface area contributed by atoms with Gasteiger partial charge in [0.2, 0.25) is 5.95 Å². The monoisotopic (exact) mass is 263 g/mol. The van der Waals surface area contributed by atoms with Crippen LogP contribution in [0.3, 0.4) is 0 Å². The SMILES string of the molecule is CNc1ncc(F)c(-c2cc(OC)ccc2OC)n1. The van der Waals surface area contributed by atoms with E-state index < -0.39 is 5.82 Å². The van der Waals surface area contributed by atoms with Crippen LogP contribution in [0.4, 0.5) is 10.3 Å². The molecule has 0 spiro atoms. The molecule has 1 N–H and O–H groups in total. The molecule has 6 heteroatoms. The molecule has 0 radical (unpaired) electrons. The average molecular weight is 263 g/mol. The molecule has 0 unspecified atom stereocenters. The minimum atomic E-state index is -0.523. The summed E-state index contributed by atoms with van der Waals surface area (Å²) in [6.45, 7) is 0. The molecular formula is C13H14FN3O2. The van der Waals surface area contributed by atoms with Crippen molar-refractivity contribution in [1.29, 1.82) is 0 Å². The van der Waals surface area contributed by atoms with Gasteiger partial charge in [0, 0.05) is 12.6 Å². The Bertz CT molecular complexity index is 590. The van der Waals surface area contributed by atoms with E-state index in [-0.39, 0.29) is 5.69 Å². The molecule has 0 amide bonds. The van der Waals surface area contributed by atoms with E-state index in [1.54, 1.807) is 32.4 Å². The summed E-state index contributed by atoms with van der Waals surface area (Å²) >= 11 is 0. The maximum absolute atomic E-state index is 13.9. The standard InChI is InChI=1S/C13H14FN3O2/c1-15-13-16-7-10(14)12(17-13)9-6-8(18-2)4-5-11(9)19-3/h4-7H,1-3H3,(H,15,16,17). The Morgan fingerprint density at radius 2 is 2.00 bits per heavy atom. The fraction of sp³-hybridized carbons (Fsp3) is 0.231. The van der Waals surface area contributed by atoms with Crippen molar-refractivity contribution in [2.24, 2.45) is 0 Å². The van der Waals surface area contributed by atoms with Crippen LogP contribution in [-0.4, -0.2) is 31.2 Å². The minimum Gasteiger partial charge on any atom is -0.497 e. The Kier molecular flexibility index (Phi) is 3.79. The molecule has 0 atom stereocenters. The van der Waals surface area contributed by atoms with Crippen molar-refractivity contribution in [2.45, 2.75) is 0 Å². The second-order valence-corrected chi connectivity index (χ2v) is 3.71. The van der Waals surface area contributed by atoms with Gasteiger partial charge < -0.3 is 14.8 Å². The van der Waals surface area contributed by atoms with E-state index >= 15 is 0 Å². The van der Waals surface area contributed by atoms with Gasteiger partial charge in [0.25, 0.3) is 0 Å². The van der Waals surface area contributed by atoms with Crippen molar-refractivity contribution < 1.29 is 13.9 Å². The molecule has 0 saturated carbocycles. The number of methoxy groups -OCH3 is 2. The van der Waals surface area contributed by atoms with Gasteiger partial charge in [-0.2, -0.15) is 0 Å². The Morgan fingerprint density at radius 1 is 1.21 bits per heavy atom. The van der Waals surface area contributed by atoms with Gasteiger partial charge in [0.05, 0.1) is 20.4 Å². The molecule has 0 aliphatic carbocycles. The fourth-order valence-electron chi connectivity index (χ4n) is 1.68. The summed E-state index contributed by atoms with van der Waals surface area (Å²) in [5.74, 6) is 0.923. The number of hydrogen-bond donors (Lipinski definition) is 1. The lowest BCUT2D eigenvalue weighted by atomic mass is 10.1. The largest absolute Gasteiger partial charge is 0.497 e. The number of halogens is 1. The molecule has 0 aliphatic rings. The first-order valence-corrected chi connectivity index (χ1v) is 5.62. The first kappa shape index (κ1) is 13.1. The lowest BCUT2D eigenvalue weighted by Crippen LogP contribution is -2.01. The molecule has 1 aromatic carbocycles. The zero-order chi connectivity index (χ0) is 13.8. The van der Waals surface area contributed by atoms with Gasteiger partial charge in [-0.25, -0.2) is 14.4 Å². The van der Waals surface area contributed by atoms with Gasteiger partial charge in [-0.1, -0.05) is 0 Å². The predicted molar refractivity (Wildman–Crippen MR) is 70.1 cm³/mol. The lowest BCUT2D eigenvalue weighted by Gasteiger charge is -2.11. The molecule has 100 valence electrons. The van der Waals surface area contributed by atoms with Crippen molar-refractivity contribution in [3.8, 4) is 22.8 Å². The molecule has 2 aromatic rings. The predicted octanol–water partition coefficient (Wildman–Crippen LogP) is 2.34. The molecule has 2 rings (SSSR count). The van der Waals surface area contributed by atoms with Crippen LogP contribution < -0.4 is 14.8 Å². The fourth-order valence-corrected chi connectivity index (χ4v) is 1.68. The Balaban J connectivity index is 2.62. The van der Waals surface area contributed by atoms with Crippen LogP contribution in [0.2, 0.25) is 0 Å². The van der Waals surface area contributed by atoms with Gasteiger partial charge in [-0.05, 0) is 18.2 Å². The number of benzene rings is 1. The van der Waals surface area contributed by atoms with Crippen LogP contribution in [0.5, 0.6) is 11.5 Å². The summed E-state index contributed by atoms with van der Waals surface area (Å²) in [4.78, 5) is 7.92. The second-order valence-electron chi connectivity index (χ2n) is 3.71. The van der Waals surface area contributed by atoms with Crippen molar-refractivity contribution in [2.75, 3.05) is 26.6 Å². The molecule has 19 heavy (non-hydrogen) atoms. The van der Waals surface area contributed by atoms with E-state index in [4.69, 9.17) is 9.47 Å². The Hall–Kier alpha value is -2.37. The zero-order valence-electron chi connectivity index (χ0n) is 10.9. The molecule has 0 aliphatic heterocycles. The molecule has 0 bridgehead atoms. The van der Waals surface area contributed by atoms with E-state index in [9.17, 15) is 4.39 Å². The minimum absolute atomic E-state index is 0.162. The van der Waals surface area contributed by atoms with Crippen molar-refractivity contribution in [3.05, 3.63) is 30.2 Å². The summed E-state index contributed by atoms with van der Waals surface area (Å²) in [7, 11) is 4.73. The first-order valence-electron chi connectivity index (χ1n) is 5.62. The van der Waals surface area contributed by atoms with Crippen LogP contribution in [0.1, 0.15) is 0 Å². The third-order valence-electron chi connectivity index (χ3n) is 2.63. The van der Waals surface area contributed by atoms with E-state index in [2.05, 4.69) is 15.3 Å². The summed E-state index contributed by atoms with van der Waals surface area (Å²) in [5.41, 5.74) is 0.674. The normalized spacial score (nSPS) is 10.1. The highest BCUT2D eigenvalue weighted by atomic mass is 19.1. The highest BCUT2D eigenvalue weighted by Gasteiger charge is 2.15. The molecule has 0 fully saturated rings. The van der Waals surface area contributed by atoms with Crippen LogP contribution in [0.15, 0.2) is 24.4 Å². The van der Waals surface area contributed by atoms with E-state index in [1.165, 1.54) is 7.11 Å². The lowest BCUT2D eigenvalue weighted by molar-refractivity contribution is 0.404. The summed E-state index contributed by atoms with van der Waals surface area (Å²) in [5, 5.41) is 2.77. The maximum atomic E-state index is 13.9. The summed E-state index contributed by atoms with van der Waals surface area (Å²) < 4.78 is 24.3. The van der Waals surface area contributed by atoms with Crippen molar-refractivity contribution in [3.63, 3.8) is 0 Å². The van der Waals surface area contributed by atoms with Crippen molar-refractivity contribution >= 4 is 5.95 Å². The molecule has 5 nitrogen and oxygen atoms in total. The van der Waals surface area contributed by atoms with E-state index in [0.717, 1.165) is 6.20 Å².